The number of carbonyl (C=O) groups is 1. The summed E-state index contributed by atoms with van der Waals surface area (Å²) in [6.07, 6.45) is -4.66. The molecule has 0 saturated carbocycles. The minimum Gasteiger partial charge on any atom is -0.507 e. The van der Waals surface area contributed by atoms with Crippen LogP contribution in [0, 0.1) is 5.82 Å². The number of aromatic hydroxyl groups is 1. The lowest BCUT2D eigenvalue weighted by Gasteiger charge is -2.29. The van der Waals surface area contributed by atoms with E-state index in [1.807, 2.05) is 13.8 Å². The molecule has 0 unspecified atom stereocenters. The summed E-state index contributed by atoms with van der Waals surface area (Å²) in [6, 6.07) is 7.16. The highest BCUT2D eigenvalue weighted by molar-refractivity contribution is 5.93. The fourth-order valence-electron chi connectivity index (χ4n) is 4.49. The number of morpholine rings is 1. The van der Waals surface area contributed by atoms with Crippen molar-refractivity contribution in [1.82, 2.24) is 30.3 Å². The van der Waals surface area contributed by atoms with Crippen molar-refractivity contribution in [2.45, 2.75) is 25.9 Å². The van der Waals surface area contributed by atoms with Gasteiger partial charge in [-0.15, -0.1) is 10.2 Å². The Hall–Kier alpha value is -4.20. The van der Waals surface area contributed by atoms with Gasteiger partial charge in [-0.3, -0.25) is 14.5 Å². The van der Waals surface area contributed by atoms with Crippen LogP contribution in [0.5, 0.6) is 5.75 Å². The van der Waals surface area contributed by atoms with Gasteiger partial charge in [-0.1, -0.05) is 13.8 Å². The summed E-state index contributed by atoms with van der Waals surface area (Å²) in [5.74, 6) is -2.58. The van der Waals surface area contributed by atoms with Crippen molar-refractivity contribution in [3.8, 4) is 22.8 Å². The first kappa shape index (κ1) is 26.4. The average molecular weight is 548 g/mol. The maximum Gasteiger partial charge on any atom is 0.405 e. The minimum atomic E-state index is -4.66. The second-order valence-corrected chi connectivity index (χ2v) is 9.39. The van der Waals surface area contributed by atoms with Crippen LogP contribution < -0.4 is 10.2 Å². The van der Waals surface area contributed by atoms with Crippen LogP contribution in [0.15, 0.2) is 30.3 Å². The van der Waals surface area contributed by atoms with Gasteiger partial charge in [-0.25, -0.2) is 4.39 Å². The second kappa shape index (κ2) is 10.2. The fourth-order valence-corrected chi connectivity index (χ4v) is 4.49. The molecule has 10 nitrogen and oxygen atoms in total. The smallest absolute Gasteiger partial charge is 0.405 e. The van der Waals surface area contributed by atoms with E-state index in [-0.39, 0.29) is 28.7 Å². The van der Waals surface area contributed by atoms with E-state index in [1.54, 1.807) is 16.3 Å². The van der Waals surface area contributed by atoms with Gasteiger partial charge in [-0.05, 0) is 24.1 Å². The Morgan fingerprint density at radius 3 is 2.59 bits per heavy atom. The first-order valence-corrected chi connectivity index (χ1v) is 12.2. The maximum absolute atomic E-state index is 15.3. The number of aromatic nitrogens is 5. The molecule has 1 saturated heterocycles. The lowest BCUT2D eigenvalue weighted by atomic mass is 10.0. The molecule has 0 aliphatic carbocycles. The lowest BCUT2D eigenvalue weighted by Crippen LogP contribution is -2.36. The highest BCUT2D eigenvalue weighted by Gasteiger charge is 2.31. The largest absolute Gasteiger partial charge is 0.507 e. The maximum atomic E-state index is 15.3. The highest BCUT2D eigenvalue weighted by Crippen LogP contribution is 2.36. The zero-order valence-electron chi connectivity index (χ0n) is 21.0. The van der Waals surface area contributed by atoms with Crippen molar-refractivity contribution < 1.29 is 32.2 Å². The second-order valence-electron chi connectivity index (χ2n) is 9.39. The molecule has 206 valence electrons. The molecule has 14 heteroatoms. The monoisotopic (exact) mass is 547 g/mol. The van der Waals surface area contributed by atoms with Gasteiger partial charge in [0, 0.05) is 36.3 Å². The minimum absolute atomic E-state index is 0.0517. The number of aromatic amines is 1. The summed E-state index contributed by atoms with van der Waals surface area (Å²) in [7, 11) is 0. The Labute approximate surface area is 219 Å². The molecule has 1 amide bonds. The van der Waals surface area contributed by atoms with Crippen molar-refractivity contribution >= 4 is 22.5 Å². The molecule has 0 atom stereocenters. The van der Waals surface area contributed by atoms with Gasteiger partial charge in [0.15, 0.2) is 5.82 Å². The molecule has 5 rings (SSSR count). The Bertz CT molecular complexity index is 1520. The van der Waals surface area contributed by atoms with E-state index in [4.69, 9.17) is 4.74 Å². The molecule has 3 N–H and O–H groups in total. The molecule has 39 heavy (non-hydrogen) atoms. The number of phenolic OH excluding ortho intramolecular Hbond substituents is 1. The third kappa shape index (κ3) is 5.24. The summed E-state index contributed by atoms with van der Waals surface area (Å²) in [6.45, 7) is 4.14. The van der Waals surface area contributed by atoms with E-state index in [0.717, 1.165) is 16.3 Å². The quantitative estimate of drug-likeness (QED) is 0.313. The van der Waals surface area contributed by atoms with Crippen molar-refractivity contribution in [3.63, 3.8) is 0 Å². The Kier molecular flexibility index (Phi) is 6.89. The molecule has 2 aromatic heterocycles. The number of H-pyrrole nitrogens is 1. The molecule has 3 heterocycles. The van der Waals surface area contributed by atoms with Crippen molar-refractivity contribution in [2.75, 3.05) is 37.7 Å². The number of phenols is 1. The first-order chi connectivity index (χ1) is 18.5. The molecule has 0 spiro atoms. The van der Waals surface area contributed by atoms with E-state index < -0.39 is 30.3 Å². The molecular weight excluding hydrogens is 522 g/mol. The summed E-state index contributed by atoms with van der Waals surface area (Å²) in [4.78, 5) is 14.6. The van der Waals surface area contributed by atoms with Crippen LogP contribution in [0.25, 0.3) is 28.0 Å². The van der Waals surface area contributed by atoms with Gasteiger partial charge in [0.05, 0.1) is 35.7 Å². The standard InChI is InChI=1S/C25H25F4N7O3/c1-13(2)21-15-10-16(20(37)11-18(15)31-32-21)22-33-34-23(24(38)30-12-25(27,28)29)36(22)14-3-4-19(17(26)9-14)35-5-7-39-8-6-35/h3-4,9-11,13,37H,5-8,12H2,1-2H3,(H,30,38)(H,31,32). The van der Waals surface area contributed by atoms with E-state index in [1.165, 1.54) is 18.2 Å². The third-order valence-electron chi connectivity index (χ3n) is 6.38. The Morgan fingerprint density at radius 2 is 1.92 bits per heavy atom. The van der Waals surface area contributed by atoms with Crippen LogP contribution in [0.2, 0.25) is 0 Å². The summed E-state index contributed by atoms with van der Waals surface area (Å²) < 4.78 is 60.2. The van der Waals surface area contributed by atoms with E-state index in [2.05, 4.69) is 20.4 Å². The average Bonchev–Trinajstić information content (AvgIpc) is 3.51. The van der Waals surface area contributed by atoms with Crippen molar-refractivity contribution in [3.05, 3.63) is 47.7 Å². The number of amides is 1. The fraction of sp³-hybridized carbons (Fsp3) is 0.360. The molecule has 0 bridgehead atoms. The van der Waals surface area contributed by atoms with E-state index in [0.29, 0.717) is 42.9 Å². The van der Waals surface area contributed by atoms with E-state index in [9.17, 15) is 23.1 Å². The molecule has 1 aliphatic rings. The normalized spacial score (nSPS) is 14.4. The number of nitrogens with zero attached hydrogens (tertiary/aromatic N) is 5. The molecule has 1 fully saturated rings. The van der Waals surface area contributed by atoms with Crippen LogP contribution in [0.1, 0.15) is 36.1 Å². The number of anilines is 1. The Morgan fingerprint density at radius 1 is 1.18 bits per heavy atom. The third-order valence-corrected chi connectivity index (χ3v) is 6.38. The van der Waals surface area contributed by atoms with Crippen LogP contribution in [0.4, 0.5) is 23.2 Å². The predicted molar refractivity (Wildman–Crippen MR) is 134 cm³/mol. The zero-order chi connectivity index (χ0) is 27.9. The Balaban J connectivity index is 1.64. The summed E-state index contributed by atoms with van der Waals surface area (Å²) >= 11 is 0. The number of hydrogen-bond acceptors (Lipinski definition) is 7. The van der Waals surface area contributed by atoms with Gasteiger partial charge >= 0.3 is 6.18 Å². The first-order valence-electron chi connectivity index (χ1n) is 12.2. The number of alkyl halides is 3. The highest BCUT2D eigenvalue weighted by atomic mass is 19.4. The van der Waals surface area contributed by atoms with Crippen LogP contribution in [0.3, 0.4) is 0 Å². The van der Waals surface area contributed by atoms with Crippen molar-refractivity contribution in [2.24, 2.45) is 0 Å². The SMILES string of the molecule is CC(C)c1[nH]nc2cc(O)c(-c3nnc(C(=O)NCC(F)(F)F)n3-c3ccc(N4CCOCC4)c(F)c3)cc12. The molecule has 4 aromatic rings. The van der Waals surface area contributed by atoms with Gasteiger partial charge in [-0.2, -0.15) is 18.3 Å². The number of benzene rings is 2. The zero-order valence-corrected chi connectivity index (χ0v) is 21.0. The number of nitrogens with one attached hydrogen (secondary N) is 2. The lowest BCUT2D eigenvalue weighted by molar-refractivity contribution is -0.123. The predicted octanol–water partition coefficient (Wildman–Crippen LogP) is 3.91. The molecule has 2 aromatic carbocycles. The summed E-state index contributed by atoms with van der Waals surface area (Å²) in [5.41, 5.74) is 1.78. The molecule has 1 aliphatic heterocycles. The van der Waals surface area contributed by atoms with Gasteiger partial charge < -0.3 is 20.1 Å². The van der Waals surface area contributed by atoms with Crippen molar-refractivity contribution in [1.29, 1.82) is 0 Å². The number of ether oxygens (including phenoxy) is 1. The summed E-state index contributed by atoms with van der Waals surface area (Å²) in [5, 5.41) is 28.3. The van der Waals surface area contributed by atoms with E-state index >= 15 is 4.39 Å². The number of halogens is 4. The van der Waals surface area contributed by atoms with Crippen LogP contribution in [-0.4, -0.2) is 75.0 Å². The number of carbonyl (C=O) groups excluding carboxylic acids is 1. The van der Waals surface area contributed by atoms with Gasteiger partial charge in [0.2, 0.25) is 5.82 Å². The topological polar surface area (TPSA) is 121 Å². The molecule has 0 radical (unpaired) electrons. The van der Waals surface area contributed by atoms with Crippen LogP contribution in [-0.2, 0) is 4.74 Å². The van der Waals surface area contributed by atoms with Crippen LogP contribution >= 0.6 is 0 Å². The van der Waals surface area contributed by atoms with Gasteiger partial charge in [0.25, 0.3) is 5.91 Å². The van der Waals surface area contributed by atoms with Gasteiger partial charge in [0.1, 0.15) is 18.1 Å². The number of hydrogen-bond donors (Lipinski definition) is 3. The molecular formula is C25H25F4N7O3. The number of rotatable bonds is 6. The number of fused-ring (bicyclic) bond motifs is 1.